The number of halogens is 2. The third kappa shape index (κ3) is 4.53. The molecule has 1 fully saturated rings. The van der Waals surface area contributed by atoms with Gasteiger partial charge in [0.2, 0.25) is 0 Å². The Morgan fingerprint density at radius 1 is 1.37 bits per heavy atom. The van der Waals surface area contributed by atoms with Crippen molar-refractivity contribution in [2.24, 2.45) is 0 Å². The van der Waals surface area contributed by atoms with Crippen LogP contribution in [0.1, 0.15) is 18.4 Å². The Balaban J connectivity index is 0.00000180. The molecule has 3 nitrogen and oxygen atoms in total. The molecule has 1 aliphatic rings. The van der Waals surface area contributed by atoms with Gasteiger partial charge in [0.1, 0.15) is 5.75 Å². The van der Waals surface area contributed by atoms with E-state index in [1.807, 2.05) is 25.2 Å². The minimum Gasteiger partial charge on any atom is -0.496 e. The summed E-state index contributed by atoms with van der Waals surface area (Å²) in [6.07, 6.45) is 2.42. The third-order valence-electron chi connectivity index (χ3n) is 3.63. The number of rotatable bonds is 4. The summed E-state index contributed by atoms with van der Waals surface area (Å²) < 4.78 is 5.39. The third-order valence-corrected chi connectivity index (χ3v) is 3.87. The zero-order chi connectivity index (χ0) is 13.0. The van der Waals surface area contributed by atoms with Crippen LogP contribution in [0.25, 0.3) is 0 Å². The van der Waals surface area contributed by atoms with Crippen LogP contribution < -0.4 is 10.1 Å². The molecular weight excluding hydrogens is 283 g/mol. The molecule has 0 atom stereocenters. The predicted octanol–water partition coefficient (Wildman–Crippen LogP) is 2.95. The molecule has 108 valence electrons. The number of nitrogens with zero attached hydrogens (tertiary/aromatic N) is 1. The van der Waals surface area contributed by atoms with Crippen LogP contribution in [0, 0.1) is 0 Å². The molecule has 0 bridgehead atoms. The first-order valence-electron chi connectivity index (χ1n) is 6.45. The zero-order valence-electron chi connectivity index (χ0n) is 11.5. The molecule has 0 spiro atoms. The summed E-state index contributed by atoms with van der Waals surface area (Å²) in [5.74, 6) is 0.926. The number of likely N-dealkylation sites (tertiary alicyclic amines) is 1. The largest absolute Gasteiger partial charge is 0.496 e. The molecule has 2 rings (SSSR count). The lowest BCUT2D eigenvalue weighted by molar-refractivity contribution is 0.192. The highest BCUT2D eigenvalue weighted by molar-refractivity contribution is 6.30. The maximum atomic E-state index is 6.05. The maximum Gasteiger partial charge on any atom is 0.123 e. The minimum atomic E-state index is 0. The number of hydrogen-bond acceptors (Lipinski definition) is 3. The molecule has 0 aliphatic carbocycles. The fourth-order valence-electron chi connectivity index (χ4n) is 2.49. The van der Waals surface area contributed by atoms with Crippen LogP contribution in [0.15, 0.2) is 18.2 Å². The van der Waals surface area contributed by atoms with Crippen molar-refractivity contribution in [2.75, 3.05) is 27.2 Å². The van der Waals surface area contributed by atoms with Gasteiger partial charge in [-0.25, -0.2) is 0 Å². The quantitative estimate of drug-likeness (QED) is 0.925. The van der Waals surface area contributed by atoms with Crippen molar-refractivity contribution in [3.05, 3.63) is 28.8 Å². The van der Waals surface area contributed by atoms with Crippen molar-refractivity contribution in [3.8, 4) is 5.75 Å². The number of ether oxygens (including phenoxy) is 1. The Morgan fingerprint density at radius 3 is 2.63 bits per heavy atom. The molecule has 1 heterocycles. The van der Waals surface area contributed by atoms with Crippen LogP contribution in [0.2, 0.25) is 5.02 Å². The van der Waals surface area contributed by atoms with E-state index >= 15 is 0 Å². The van der Waals surface area contributed by atoms with Gasteiger partial charge < -0.3 is 10.1 Å². The number of benzene rings is 1. The lowest BCUT2D eigenvalue weighted by atomic mass is 10.0. The summed E-state index contributed by atoms with van der Waals surface area (Å²) in [4.78, 5) is 2.46. The zero-order valence-corrected chi connectivity index (χ0v) is 13.1. The molecular formula is C14H22Cl2N2O. The predicted molar refractivity (Wildman–Crippen MR) is 82.6 cm³/mol. The maximum absolute atomic E-state index is 6.05. The van der Waals surface area contributed by atoms with Gasteiger partial charge in [0.25, 0.3) is 0 Å². The van der Waals surface area contributed by atoms with E-state index in [0.717, 1.165) is 30.4 Å². The average molecular weight is 305 g/mol. The average Bonchev–Trinajstić information content (AvgIpc) is 2.40. The van der Waals surface area contributed by atoms with Crippen molar-refractivity contribution in [1.82, 2.24) is 10.2 Å². The molecule has 5 heteroatoms. The molecule has 0 aromatic heterocycles. The van der Waals surface area contributed by atoms with Crippen molar-refractivity contribution in [2.45, 2.75) is 25.4 Å². The summed E-state index contributed by atoms with van der Waals surface area (Å²) >= 11 is 6.05. The topological polar surface area (TPSA) is 24.5 Å². The molecule has 0 unspecified atom stereocenters. The SMILES string of the molecule is CNC1CCN(Cc2cc(Cl)ccc2OC)CC1.Cl. The van der Waals surface area contributed by atoms with Crippen LogP contribution in [-0.4, -0.2) is 38.2 Å². The molecule has 1 aromatic rings. The van der Waals surface area contributed by atoms with Crippen LogP contribution in [0.3, 0.4) is 0 Å². The van der Waals surface area contributed by atoms with Crippen molar-refractivity contribution < 1.29 is 4.74 Å². The highest BCUT2D eigenvalue weighted by Gasteiger charge is 2.18. The Morgan fingerprint density at radius 2 is 2.05 bits per heavy atom. The molecule has 1 saturated heterocycles. The summed E-state index contributed by atoms with van der Waals surface area (Å²) in [7, 11) is 3.75. The summed E-state index contributed by atoms with van der Waals surface area (Å²) in [6, 6.07) is 6.49. The summed E-state index contributed by atoms with van der Waals surface area (Å²) in [6.45, 7) is 3.17. The highest BCUT2D eigenvalue weighted by atomic mass is 35.5. The van der Waals surface area contributed by atoms with Gasteiger partial charge in [-0.2, -0.15) is 0 Å². The van der Waals surface area contributed by atoms with E-state index in [2.05, 4.69) is 10.2 Å². The molecule has 19 heavy (non-hydrogen) atoms. The van der Waals surface area contributed by atoms with Crippen LogP contribution in [-0.2, 0) is 6.54 Å². The van der Waals surface area contributed by atoms with Gasteiger partial charge >= 0.3 is 0 Å². The molecule has 1 aliphatic heterocycles. The van der Waals surface area contributed by atoms with E-state index in [9.17, 15) is 0 Å². The van der Waals surface area contributed by atoms with Crippen molar-refractivity contribution in [1.29, 1.82) is 0 Å². The van der Waals surface area contributed by atoms with E-state index in [1.54, 1.807) is 7.11 Å². The standard InChI is InChI=1S/C14H21ClN2O.ClH/c1-16-13-5-7-17(8-6-13)10-11-9-12(15)3-4-14(11)18-2;/h3-4,9,13,16H,5-8,10H2,1-2H3;1H. The van der Waals surface area contributed by atoms with Gasteiger partial charge in [0.15, 0.2) is 0 Å². The first-order valence-corrected chi connectivity index (χ1v) is 6.82. The Labute approximate surface area is 126 Å². The van der Waals surface area contributed by atoms with Crippen molar-refractivity contribution >= 4 is 24.0 Å². The van der Waals surface area contributed by atoms with Gasteiger partial charge in [-0.1, -0.05) is 11.6 Å². The lowest BCUT2D eigenvalue weighted by Crippen LogP contribution is -2.40. The second kappa shape index (κ2) is 7.95. The van der Waals surface area contributed by atoms with Crippen LogP contribution in [0.5, 0.6) is 5.75 Å². The van der Waals surface area contributed by atoms with Gasteiger partial charge in [0.05, 0.1) is 7.11 Å². The van der Waals surface area contributed by atoms with Crippen LogP contribution in [0.4, 0.5) is 0 Å². The van der Waals surface area contributed by atoms with Crippen LogP contribution >= 0.6 is 24.0 Å². The van der Waals surface area contributed by atoms with E-state index in [-0.39, 0.29) is 12.4 Å². The molecule has 0 radical (unpaired) electrons. The van der Waals surface area contributed by atoms with E-state index in [1.165, 1.54) is 18.4 Å². The van der Waals surface area contributed by atoms with Gasteiger partial charge in [-0.15, -0.1) is 12.4 Å². The number of methoxy groups -OCH3 is 1. The van der Waals surface area contributed by atoms with E-state index in [4.69, 9.17) is 16.3 Å². The minimum absolute atomic E-state index is 0. The molecule has 1 aromatic carbocycles. The fraction of sp³-hybridized carbons (Fsp3) is 0.571. The Bertz CT molecular complexity index is 393. The van der Waals surface area contributed by atoms with E-state index in [0.29, 0.717) is 6.04 Å². The highest BCUT2D eigenvalue weighted by Crippen LogP contribution is 2.25. The second-order valence-electron chi connectivity index (χ2n) is 4.80. The number of piperidine rings is 1. The smallest absolute Gasteiger partial charge is 0.123 e. The number of nitrogens with one attached hydrogen (secondary N) is 1. The van der Waals surface area contributed by atoms with Crippen molar-refractivity contribution in [3.63, 3.8) is 0 Å². The Hall–Kier alpha value is -0.480. The lowest BCUT2D eigenvalue weighted by Gasteiger charge is -2.32. The number of hydrogen-bond donors (Lipinski definition) is 1. The van der Waals surface area contributed by atoms with Gasteiger partial charge in [-0.3, -0.25) is 4.90 Å². The Kier molecular flexibility index (Phi) is 6.94. The molecule has 1 N–H and O–H groups in total. The van der Waals surface area contributed by atoms with Gasteiger partial charge in [-0.05, 0) is 51.2 Å². The summed E-state index contributed by atoms with van der Waals surface area (Å²) in [5.41, 5.74) is 1.17. The first-order chi connectivity index (χ1) is 8.72. The van der Waals surface area contributed by atoms with Gasteiger partial charge in [0, 0.05) is 23.2 Å². The van der Waals surface area contributed by atoms with E-state index < -0.39 is 0 Å². The molecule has 0 amide bonds. The molecule has 0 saturated carbocycles. The monoisotopic (exact) mass is 304 g/mol. The second-order valence-corrected chi connectivity index (χ2v) is 5.23. The summed E-state index contributed by atoms with van der Waals surface area (Å²) in [5, 5.41) is 4.12. The fourth-order valence-corrected chi connectivity index (χ4v) is 2.69. The first kappa shape index (κ1) is 16.6. The normalized spacial score (nSPS) is 17.0.